The summed E-state index contributed by atoms with van der Waals surface area (Å²) in [4.78, 5) is 10.8. The molecule has 0 amide bonds. The molecule has 0 aliphatic rings. The van der Waals surface area contributed by atoms with E-state index in [1.54, 1.807) is 0 Å². The summed E-state index contributed by atoms with van der Waals surface area (Å²) in [5.74, 6) is -26.3. The van der Waals surface area contributed by atoms with Crippen LogP contribution in [0.25, 0.3) is 0 Å². The Morgan fingerprint density at radius 2 is 1.25 bits per heavy atom. The summed E-state index contributed by atoms with van der Waals surface area (Å²) in [6.07, 6.45) is 1.47. The van der Waals surface area contributed by atoms with E-state index in [9.17, 15) is 35.5 Å². The van der Waals surface area contributed by atoms with Crippen LogP contribution in [0.4, 0.5) is 30.7 Å². The topological polar surface area (TPSA) is 46.5 Å². The van der Waals surface area contributed by atoms with Crippen LogP contribution in [-0.4, -0.2) is 40.8 Å². The summed E-state index contributed by atoms with van der Waals surface area (Å²) in [5.41, 5.74) is 0. The Labute approximate surface area is 160 Å². The van der Waals surface area contributed by atoms with E-state index >= 15 is 0 Å². The summed E-state index contributed by atoms with van der Waals surface area (Å²) in [6, 6.07) is 0. The van der Waals surface area contributed by atoms with Crippen molar-refractivity contribution in [2.75, 3.05) is 0 Å². The van der Waals surface area contributed by atoms with Gasteiger partial charge in [-0.05, 0) is 20.3 Å². The molecule has 0 rings (SSSR count). The molecule has 3 nitrogen and oxygen atoms in total. The van der Waals surface area contributed by atoms with E-state index in [1.807, 2.05) is 6.92 Å². The first-order chi connectivity index (χ1) is 12.7. The van der Waals surface area contributed by atoms with Gasteiger partial charge in [0.2, 0.25) is 0 Å². The van der Waals surface area contributed by atoms with Gasteiger partial charge in [-0.15, -0.1) is 0 Å². The molecule has 1 unspecified atom stereocenters. The fraction of sp³-hybridized carbons (Fsp3) is 0.944. The van der Waals surface area contributed by atoms with Crippen LogP contribution in [-0.2, 0) is 9.53 Å². The first kappa shape index (κ1) is 26.9. The van der Waals surface area contributed by atoms with E-state index in [0.29, 0.717) is 12.8 Å². The van der Waals surface area contributed by atoms with Crippen molar-refractivity contribution < 1.29 is 45.4 Å². The molecule has 0 spiro atoms. The Hall–Kier alpha value is -1.06. The number of carboxylic acid groups (broad SMARTS) is 1. The van der Waals surface area contributed by atoms with Crippen LogP contribution in [0.2, 0.25) is 0 Å². The molecule has 0 fully saturated rings. The number of halogens is 7. The van der Waals surface area contributed by atoms with Gasteiger partial charge in [-0.2, -0.15) is 30.7 Å². The molecule has 0 aliphatic carbocycles. The summed E-state index contributed by atoms with van der Waals surface area (Å²) in [6.45, 7) is 3.83. The molecule has 1 N–H and O–H groups in total. The maximum Gasteiger partial charge on any atom is 0.384 e. The minimum atomic E-state index is -6.29. The number of hydrogen-bond acceptors (Lipinski definition) is 2. The maximum absolute atomic E-state index is 14.2. The van der Waals surface area contributed by atoms with Crippen LogP contribution in [0.5, 0.6) is 0 Å². The van der Waals surface area contributed by atoms with Gasteiger partial charge in [-0.3, -0.25) is 0 Å². The van der Waals surface area contributed by atoms with E-state index < -0.39 is 48.5 Å². The van der Waals surface area contributed by atoms with E-state index in [-0.39, 0.29) is 6.42 Å². The smallest absolute Gasteiger partial charge is 0.384 e. The molecule has 28 heavy (non-hydrogen) atoms. The largest absolute Gasteiger partial charge is 0.477 e. The van der Waals surface area contributed by atoms with E-state index in [0.717, 1.165) is 39.5 Å². The van der Waals surface area contributed by atoms with E-state index in [2.05, 4.69) is 4.74 Å². The predicted octanol–water partition coefficient (Wildman–Crippen LogP) is 6.60. The SMILES string of the molecule is CCCCCCCCCCC(F)(F)C(F)(F)C(F)(F)C(F)(OC(C)C)C(=O)O. The molecule has 0 saturated heterocycles. The van der Waals surface area contributed by atoms with Gasteiger partial charge in [0, 0.05) is 6.42 Å². The number of rotatable bonds is 15. The molecule has 168 valence electrons. The van der Waals surface area contributed by atoms with Crippen molar-refractivity contribution in [3.63, 3.8) is 0 Å². The molecule has 0 aliphatic heterocycles. The molecule has 0 saturated carbocycles. The quantitative estimate of drug-likeness (QED) is 0.237. The Balaban J connectivity index is 5.07. The molecule has 10 heteroatoms. The second kappa shape index (κ2) is 10.6. The number of aliphatic carboxylic acids is 1. The van der Waals surface area contributed by atoms with Gasteiger partial charge in [0.05, 0.1) is 6.10 Å². The van der Waals surface area contributed by atoms with E-state index in [4.69, 9.17) is 5.11 Å². The third kappa shape index (κ3) is 6.22. The molecule has 0 aromatic carbocycles. The third-order valence-electron chi connectivity index (χ3n) is 4.28. The molecule has 0 bridgehead atoms. The van der Waals surface area contributed by atoms with Crippen LogP contribution >= 0.6 is 0 Å². The second-order valence-electron chi connectivity index (χ2n) is 7.15. The standard InChI is InChI=1S/C18H29F7O3/c1-4-5-6-7-8-9-10-11-12-15(19,20)17(22,23)18(24,25)16(21,14(26)27)28-13(2)3/h13H,4-12H2,1-3H3,(H,26,27). The first-order valence-corrected chi connectivity index (χ1v) is 9.41. The van der Waals surface area contributed by atoms with Crippen LogP contribution in [0.15, 0.2) is 0 Å². The van der Waals surface area contributed by atoms with Crippen molar-refractivity contribution in [3.8, 4) is 0 Å². The Bertz CT molecular complexity index is 484. The fourth-order valence-electron chi connectivity index (χ4n) is 2.65. The van der Waals surface area contributed by atoms with Crippen molar-refractivity contribution in [2.45, 2.75) is 108 Å². The molecular formula is C18H29F7O3. The number of ether oxygens (including phenoxy) is 1. The van der Waals surface area contributed by atoms with Crippen molar-refractivity contribution >= 4 is 5.97 Å². The Morgan fingerprint density at radius 1 is 0.821 bits per heavy atom. The Kier molecular flexibility index (Phi) is 10.2. The highest BCUT2D eigenvalue weighted by Gasteiger charge is 2.82. The maximum atomic E-state index is 14.2. The number of carbonyl (C=O) groups is 1. The predicted molar refractivity (Wildman–Crippen MR) is 89.8 cm³/mol. The van der Waals surface area contributed by atoms with Gasteiger partial charge in [-0.1, -0.05) is 51.9 Å². The molecule has 0 aromatic heterocycles. The van der Waals surface area contributed by atoms with Gasteiger partial charge in [0.15, 0.2) is 0 Å². The number of alkyl halides is 7. The normalized spacial score (nSPS) is 15.7. The molecule has 0 heterocycles. The zero-order valence-corrected chi connectivity index (χ0v) is 16.4. The zero-order chi connectivity index (χ0) is 22.2. The zero-order valence-electron chi connectivity index (χ0n) is 16.4. The van der Waals surface area contributed by atoms with Gasteiger partial charge >= 0.3 is 29.6 Å². The lowest BCUT2D eigenvalue weighted by Gasteiger charge is -2.38. The lowest BCUT2D eigenvalue weighted by atomic mass is 9.93. The summed E-state index contributed by atoms with van der Waals surface area (Å²) >= 11 is 0. The average Bonchev–Trinajstić information content (AvgIpc) is 2.55. The first-order valence-electron chi connectivity index (χ1n) is 9.41. The van der Waals surface area contributed by atoms with Crippen molar-refractivity contribution in [2.24, 2.45) is 0 Å². The van der Waals surface area contributed by atoms with Crippen molar-refractivity contribution in [3.05, 3.63) is 0 Å². The minimum absolute atomic E-state index is 0.117. The van der Waals surface area contributed by atoms with Crippen LogP contribution in [0.1, 0.15) is 78.6 Å². The highest BCUT2D eigenvalue weighted by molar-refractivity contribution is 5.77. The molecule has 1 atom stereocenters. The van der Waals surface area contributed by atoms with Crippen LogP contribution < -0.4 is 0 Å². The van der Waals surface area contributed by atoms with Gasteiger partial charge in [0.25, 0.3) is 0 Å². The van der Waals surface area contributed by atoms with Crippen LogP contribution in [0, 0.1) is 0 Å². The summed E-state index contributed by atoms with van der Waals surface area (Å²) in [7, 11) is 0. The number of unbranched alkanes of at least 4 members (excludes halogenated alkanes) is 7. The van der Waals surface area contributed by atoms with Gasteiger partial charge in [-0.25, -0.2) is 4.79 Å². The van der Waals surface area contributed by atoms with Gasteiger partial charge in [0.1, 0.15) is 0 Å². The minimum Gasteiger partial charge on any atom is -0.477 e. The van der Waals surface area contributed by atoms with Gasteiger partial charge < -0.3 is 9.84 Å². The lowest BCUT2D eigenvalue weighted by molar-refractivity contribution is -0.386. The van der Waals surface area contributed by atoms with Crippen molar-refractivity contribution in [1.29, 1.82) is 0 Å². The lowest BCUT2D eigenvalue weighted by Crippen LogP contribution is -2.67. The average molecular weight is 426 g/mol. The summed E-state index contributed by atoms with van der Waals surface area (Å²) < 4.78 is 102. The second-order valence-corrected chi connectivity index (χ2v) is 7.15. The molecule has 0 aromatic rings. The highest BCUT2D eigenvalue weighted by Crippen LogP contribution is 2.54. The molecular weight excluding hydrogens is 397 g/mol. The number of carboxylic acids is 1. The van der Waals surface area contributed by atoms with Crippen LogP contribution in [0.3, 0.4) is 0 Å². The fourth-order valence-corrected chi connectivity index (χ4v) is 2.65. The Morgan fingerprint density at radius 3 is 1.64 bits per heavy atom. The summed E-state index contributed by atoms with van der Waals surface area (Å²) in [5, 5.41) is 8.62. The van der Waals surface area contributed by atoms with Crippen molar-refractivity contribution in [1.82, 2.24) is 0 Å². The third-order valence-corrected chi connectivity index (χ3v) is 4.28. The van der Waals surface area contributed by atoms with E-state index in [1.165, 1.54) is 0 Å². The molecule has 0 radical (unpaired) electrons. The number of hydrogen-bond donors (Lipinski definition) is 1. The highest BCUT2D eigenvalue weighted by atomic mass is 19.3. The monoisotopic (exact) mass is 426 g/mol.